The summed E-state index contributed by atoms with van der Waals surface area (Å²) in [6, 6.07) is 0. The lowest BCUT2D eigenvalue weighted by Gasteiger charge is -2.32. The van der Waals surface area contributed by atoms with Gasteiger partial charge in [-0.3, -0.25) is 0 Å². The molecule has 0 bridgehead atoms. The van der Waals surface area contributed by atoms with E-state index in [0.717, 1.165) is 32.7 Å². The molecular formula is C15H29NO3. The lowest BCUT2D eigenvalue weighted by molar-refractivity contribution is -0.0914. The Morgan fingerprint density at radius 1 is 1.21 bits per heavy atom. The van der Waals surface area contributed by atoms with Gasteiger partial charge in [-0.2, -0.15) is 0 Å². The van der Waals surface area contributed by atoms with Crippen molar-refractivity contribution in [1.82, 2.24) is 4.90 Å². The Kier molecular flexibility index (Phi) is 4.26. The normalized spacial score (nSPS) is 39.2. The molecule has 3 unspecified atom stereocenters. The van der Waals surface area contributed by atoms with E-state index in [4.69, 9.17) is 9.47 Å². The molecule has 3 atom stereocenters. The van der Waals surface area contributed by atoms with Gasteiger partial charge in [0.25, 0.3) is 0 Å². The summed E-state index contributed by atoms with van der Waals surface area (Å²) in [5.41, 5.74) is -0.735. The van der Waals surface area contributed by atoms with E-state index in [1.807, 2.05) is 13.8 Å². The average molecular weight is 271 g/mol. The lowest BCUT2D eigenvalue weighted by Crippen LogP contribution is -2.44. The number of aliphatic hydroxyl groups is 1. The average Bonchev–Trinajstić information content (AvgIpc) is 2.45. The van der Waals surface area contributed by atoms with E-state index in [9.17, 15) is 5.11 Å². The maximum Gasteiger partial charge on any atom is 0.0896 e. The highest BCUT2D eigenvalue weighted by atomic mass is 16.5. The van der Waals surface area contributed by atoms with Crippen molar-refractivity contribution in [3.8, 4) is 0 Å². The van der Waals surface area contributed by atoms with E-state index in [0.29, 0.717) is 0 Å². The molecule has 4 nitrogen and oxygen atoms in total. The molecule has 2 heterocycles. The van der Waals surface area contributed by atoms with Crippen LogP contribution in [0.3, 0.4) is 0 Å². The van der Waals surface area contributed by atoms with E-state index in [-0.39, 0.29) is 17.6 Å². The number of ether oxygens (including phenoxy) is 2. The monoisotopic (exact) mass is 271 g/mol. The number of nitrogens with zero attached hydrogens (tertiary/aromatic N) is 1. The number of aliphatic hydroxyl groups excluding tert-OH is 1. The second-order valence-corrected chi connectivity index (χ2v) is 7.15. The predicted molar refractivity (Wildman–Crippen MR) is 75.2 cm³/mol. The summed E-state index contributed by atoms with van der Waals surface area (Å²) in [7, 11) is 0. The van der Waals surface area contributed by atoms with Crippen molar-refractivity contribution >= 4 is 0 Å². The highest BCUT2D eigenvalue weighted by Gasteiger charge is 2.53. The predicted octanol–water partition coefficient (Wildman–Crippen LogP) is 1.66. The second kappa shape index (κ2) is 5.32. The van der Waals surface area contributed by atoms with Crippen LogP contribution >= 0.6 is 0 Å². The summed E-state index contributed by atoms with van der Waals surface area (Å²) in [4.78, 5) is 2.41. The third-order valence-corrected chi connectivity index (χ3v) is 4.50. The first-order valence-corrected chi connectivity index (χ1v) is 7.44. The van der Waals surface area contributed by atoms with Crippen molar-refractivity contribution in [1.29, 1.82) is 0 Å². The van der Waals surface area contributed by atoms with Gasteiger partial charge in [0.05, 0.1) is 23.4 Å². The molecule has 0 aromatic rings. The van der Waals surface area contributed by atoms with Gasteiger partial charge in [-0.1, -0.05) is 0 Å². The zero-order valence-corrected chi connectivity index (χ0v) is 13.0. The van der Waals surface area contributed by atoms with Gasteiger partial charge in [0.2, 0.25) is 0 Å². The third kappa shape index (κ3) is 3.30. The summed E-state index contributed by atoms with van der Waals surface area (Å²) in [6.45, 7) is 14.0. The Hall–Kier alpha value is -0.160. The van der Waals surface area contributed by atoms with Gasteiger partial charge < -0.3 is 19.5 Å². The molecule has 0 aliphatic carbocycles. The Balaban J connectivity index is 2.04. The summed E-state index contributed by atoms with van der Waals surface area (Å²) >= 11 is 0. The van der Waals surface area contributed by atoms with Crippen LogP contribution in [0.5, 0.6) is 0 Å². The van der Waals surface area contributed by atoms with E-state index < -0.39 is 11.7 Å². The molecule has 0 aromatic carbocycles. The molecule has 1 N–H and O–H groups in total. The summed E-state index contributed by atoms with van der Waals surface area (Å²) in [6.07, 6.45) is 0.928. The molecule has 0 saturated carbocycles. The molecule has 0 aromatic heterocycles. The molecule has 19 heavy (non-hydrogen) atoms. The quantitative estimate of drug-likeness (QED) is 0.829. The molecule has 4 heteroatoms. The molecule has 0 spiro atoms. The van der Waals surface area contributed by atoms with Crippen LogP contribution in [0.4, 0.5) is 0 Å². The zero-order chi connectivity index (χ0) is 14.3. The van der Waals surface area contributed by atoms with E-state index in [1.165, 1.54) is 0 Å². The lowest BCUT2D eigenvalue weighted by atomic mass is 9.84. The Morgan fingerprint density at radius 2 is 1.89 bits per heavy atom. The largest absolute Gasteiger partial charge is 0.390 e. The van der Waals surface area contributed by atoms with Crippen LogP contribution in [0.1, 0.15) is 41.0 Å². The fourth-order valence-corrected chi connectivity index (χ4v) is 3.52. The fraction of sp³-hybridized carbons (Fsp3) is 1.00. The van der Waals surface area contributed by atoms with E-state index in [2.05, 4.69) is 25.7 Å². The van der Waals surface area contributed by atoms with Crippen molar-refractivity contribution in [2.45, 2.75) is 64.4 Å². The van der Waals surface area contributed by atoms with Crippen LogP contribution in [0.2, 0.25) is 0 Å². The molecule has 2 rings (SSSR count). The van der Waals surface area contributed by atoms with Gasteiger partial charge in [0.15, 0.2) is 0 Å². The van der Waals surface area contributed by atoms with Crippen LogP contribution in [0, 0.1) is 5.92 Å². The van der Waals surface area contributed by atoms with Gasteiger partial charge in [-0.05, 0) is 41.0 Å². The van der Waals surface area contributed by atoms with Gasteiger partial charge in [-0.15, -0.1) is 0 Å². The van der Waals surface area contributed by atoms with Crippen molar-refractivity contribution in [3.05, 3.63) is 0 Å². The van der Waals surface area contributed by atoms with E-state index >= 15 is 0 Å². The molecule has 0 amide bonds. The Bertz CT molecular complexity index is 317. The van der Waals surface area contributed by atoms with Crippen molar-refractivity contribution < 1.29 is 14.6 Å². The highest BCUT2D eigenvalue weighted by Crippen LogP contribution is 2.42. The smallest absolute Gasteiger partial charge is 0.0896 e. The van der Waals surface area contributed by atoms with Crippen molar-refractivity contribution in [3.63, 3.8) is 0 Å². The molecule has 0 radical (unpaired) electrons. The standard InChI is InChI=1S/C15H29NO3/c1-11-9-16(7-6-8-18-11)10-12-13(17)15(4,5)19-14(12,2)3/h11-13,17H,6-10H2,1-5H3. The minimum absolute atomic E-state index is 0.146. The first-order chi connectivity index (χ1) is 8.72. The number of rotatable bonds is 2. The highest BCUT2D eigenvalue weighted by molar-refractivity contribution is 5.02. The van der Waals surface area contributed by atoms with Gasteiger partial charge in [0, 0.05) is 32.2 Å². The van der Waals surface area contributed by atoms with Gasteiger partial charge >= 0.3 is 0 Å². The zero-order valence-electron chi connectivity index (χ0n) is 13.0. The van der Waals surface area contributed by atoms with Gasteiger partial charge in [0.1, 0.15) is 0 Å². The SMILES string of the molecule is CC1CN(CC2C(O)C(C)(C)OC2(C)C)CCCO1. The minimum Gasteiger partial charge on any atom is -0.390 e. The summed E-state index contributed by atoms with van der Waals surface area (Å²) in [5.74, 6) is 0.146. The first-order valence-electron chi connectivity index (χ1n) is 7.44. The minimum atomic E-state index is -0.456. The van der Waals surface area contributed by atoms with Crippen LogP contribution in [-0.2, 0) is 9.47 Å². The van der Waals surface area contributed by atoms with Gasteiger partial charge in [-0.25, -0.2) is 0 Å². The first kappa shape index (κ1) is 15.2. The topological polar surface area (TPSA) is 41.9 Å². The molecular weight excluding hydrogens is 242 g/mol. The summed E-state index contributed by atoms with van der Waals surface area (Å²) in [5, 5.41) is 10.5. The molecule has 2 saturated heterocycles. The Morgan fingerprint density at radius 3 is 2.47 bits per heavy atom. The third-order valence-electron chi connectivity index (χ3n) is 4.50. The maximum atomic E-state index is 10.5. The van der Waals surface area contributed by atoms with Crippen molar-refractivity contribution in [2.24, 2.45) is 5.92 Å². The molecule has 112 valence electrons. The molecule has 2 fully saturated rings. The van der Waals surface area contributed by atoms with Crippen LogP contribution < -0.4 is 0 Å². The summed E-state index contributed by atoms with van der Waals surface area (Å²) < 4.78 is 11.7. The second-order valence-electron chi connectivity index (χ2n) is 7.15. The van der Waals surface area contributed by atoms with Crippen LogP contribution in [-0.4, -0.2) is 59.7 Å². The number of hydrogen-bond acceptors (Lipinski definition) is 4. The van der Waals surface area contributed by atoms with Crippen LogP contribution in [0.15, 0.2) is 0 Å². The molecule has 2 aliphatic rings. The fourth-order valence-electron chi connectivity index (χ4n) is 3.52. The van der Waals surface area contributed by atoms with Crippen molar-refractivity contribution in [2.75, 3.05) is 26.2 Å². The molecule has 2 aliphatic heterocycles. The number of hydrogen-bond donors (Lipinski definition) is 1. The van der Waals surface area contributed by atoms with Crippen LogP contribution in [0.25, 0.3) is 0 Å². The maximum absolute atomic E-state index is 10.5. The van der Waals surface area contributed by atoms with E-state index in [1.54, 1.807) is 0 Å². The Labute approximate surface area is 117 Å².